The molecule has 0 radical (unpaired) electrons. The van der Waals surface area contributed by atoms with Gasteiger partial charge < -0.3 is 19.1 Å². The van der Waals surface area contributed by atoms with Crippen LogP contribution in [0, 0.1) is 0 Å². The Morgan fingerprint density at radius 2 is 1.48 bits per heavy atom. The Labute approximate surface area is 164 Å². The Morgan fingerprint density at radius 3 is 2.00 bits per heavy atom. The van der Waals surface area contributed by atoms with E-state index in [-0.39, 0.29) is 0 Å². The van der Waals surface area contributed by atoms with Gasteiger partial charge in [-0.3, -0.25) is 5.01 Å². The summed E-state index contributed by atoms with van der Waals surface area (Å²) in [5, 5.41) is 7.43. The molecule has 1 aliphatic rings. The Kier molecular flexibility index (Phi) is 6.29. The average molecular weight is 390 g/mol. The van der Waals surface area contributed by atoms with E-state index >= 15 is 0 Å². The Bertz CT molecular complexity index is 763. The summed E-state index contributed by atoms with van der Waals surface area (Å²) in [6.07, 6.45) is 1.82. The van der Waals surface area contributed by atoms with Crippen LogP contribution >= 0.6 is 11.6 Å². The third-order valence-electron chi connectivity index (χ3n) is 4.50. The van der Waals surface area contributed by atoms with Gasteiger partial charge in [-0.25, -0.2) is 0 Å². The standard InChI is InChI=1S/C20H24ClN3O3/c1-25-18-12-15(13-19(26-2)20(18)27-3)14-22-24-10-8-23(9-11-24)17-6-4-16(21)5-7-17/h4-7,12-14H,8-11H2,1-3H3/b22-14-. The zero-order valence-electron chi connectivity index (χ0n) is 15.8. The number of nitrogens with zero attached hydrogens (tertiary/aromatic N) is 3. The number of ether oxygens (including phenoxy) is 3. The van der Waals surface area contributed by atoms with Gasteiger partial charge >= 0.3 is 0 Å². The number of benzene rings is 2. The van der Waals surface area contributed by atoms with E-state index in [0.29, 0.717) is 17.2 Å². The van der Waals surface area contributed by atoms with Crippen molar-refractivity contribution in [2.24, 2.45) is 5.10 Å². The van der Waals surface area contributed by atoms with Crippen molar-refractivity contribution in [2.75, 3.05) is 52.4 Å². The van der Waals surface area contributed by atoms with Crippen LogP contribution in [0.5, 0.6) is 17.2 Å². The van der Waals surface area contributed by atoms with E-state index in [4.69, 9.17) is 25.8 Å². The smallest absolute Gasteiger partial charge is 0.203 e. The van der Waals surface area contributed by atoms with Crippen molar-refractivity contribution in [3.8, 4) is 17.2 Å². The lowest BCUT2D eigenvalue weighted by Gasteiger charge is -2.34. The molecule has 2 aromatic carbocycles. The van der Waals surface area contributed by atoms with Crippen LogP contribution in [0.2, 0.25) is 5.02 Å². The lowest BCUT2D eigenvalue weighted by Crippen LogP contribution is -2.44. The van der Waals surface area contributed by atoms with Gasteiger partial charge in [-0.1, -0.05) is 11.6 Å². The fourth-order valence-electron chi connectivity index (χ4n) is 3.05. The van der Waals surface area contributed by atoms with Gasteiger partial charge in [-0.15, -0.1) is 0 Å². The van der Waals surface area contributed by atoms with E-state index in [9.17, 15) is 0 Å². The zero-order chi connectivity index (χ0) is 19.2. The largest absolute Gasteiger partial charge is 0.493 e. The maximum absolute atomic E-state index is 5.96. The van der Waals surface area contributed by atoms with E-state index in [1.54, 1.807) is 21.3 Å². The molecule has 0 aromatic heterocycles. The second-order valence-corrected chi connectivity index (χ2v) is 6.56. The number of halogens is 1. The summed E-state index contributed by atoms with van der Waals surface area (Å²) < 4.78 is 16.1. The number of hydrogen-bond acceptors (Lipinski definition) is 6. The Morgan fingerprint density at radius 1 is 0.889 bits per heavy atom. The van der Waals surface area contributed by atoms with Crippen LogP contribution < -0.4 is 19.1 Å². The van der Waals surface area contributed by atoms with E-state index in [1.807, 2.05) is 30.5 Å². The molecule has 0 spiro atoms. The molecule has 7 heteroatoms. The molecular weight excluding hydrogens is 366 g/mol. The number of anilines is 1. The van der Waals surface area contributed by atoms with Crippen molar-refractivity contribution in [2.45, 2.75) is 0 Å². The molecule has 3 rings (SSSR count). The summed E-state index contributed by atoms with van der Waals surface area (Å²) in [7, 11) is 4.80. The maximum atomic E-state index is 5.96. The summed E-state index contributed by atoms with van der Waals surface area (Å²) in [5.41, 5.74) is 2.08. The lowest BCUT2D eigenvalue weighted by molar-refractivity contribution is 0.272. The molecule has 0 bridgehead atoms. The number of hydrazone groups is 1. The summed E-state index contributed by atoms with van der Waals surface area (Å²) in [4.78, 5) is 2.34. The van der Waals surface area contributed by atoms with Gasteiger partial charge in [-0.05, 0) is 36.4 Å². The summed E-state index contributed by atoms with van der Waals surface area (Å²) >= 11 is 5.96. The first-order valence-electron chi connectivity index (χ1n) is 8.74. The molecule has 144 valence electrons. The van der Waals surface area contributed by atoms with Crippen LogP contribution in [0.3, 0.4) is 0 Å². The molecule has 0 aliphatic carbocycles. The van der Waals surface area contributed by atoms with Crippen molar-refractivity contribution in [3.05, 3.63) is 47.0 Å². The topological polar surface area (TPSA) is 46.5 Å². The van der Waals surface area contributed by atoms with Crippen LogP contribution in [-0.2, 0) is 0 Å². The van der Waals surface area contributed by atoms with Crippen molar-refractivity contribution in [3.63, 3.8) is 0 Å². The Hall–Kier alpha value is -2.60. The first kappa shape index (κ1) is 19.2. The summed E-state index contributed by atoms with van der Waals surface area (Å²) in [6.45, 7) is 3.52. The second-order valence-electron chi connectivity index (χ2n) is 6.12. The molecule has 6 nitrogen and oxygen atoms in total. The van der Waals surface area contributed by atoms with Gasteiger partial charge in [-0.2, -0.15) is 5.10 Å². The fraction of sp³-hybridized carbons (Fsp3) is 0.350. The van der Waals surface area contributed by atoms with Crippen molar-refractivity contribution < 1.29 is 14.2 Å². The highest BCUT2D eigenvalue weighted by Gasteiger charge is 2.16. The van der Waals surface area contributed by atoms with E-state index in [2.05, 4.69) is 27.1 Å². The zero-order valence-corrected chi connectivity index (χ0v) is 16.6. The van der Waals surface area contributed by atoms with Gasteiger partial charge in [0.1, 0.15) is 0 Å². The van der Waals surface area contributed by atoms with E-state index in [0.717, 1.165) is 36.8 Å². The van der Waals surface area contributed by atoms with Crippen molar-refractivity contribution in [1.29, 1.82) is 0 Å². The summed E-state index contributed by atoms with van der Waals surface area (Å²) in [5.74, 6) is 1.81. The van der Waals surface area contributed by atoms with Crippen LogP contribution in [-0.4, -0.2) is 58.7 Å². The molecule has 1 fully saturated rings. The second kappa shape index (κ2) is 8.86. The normalized spacial score (nSPS) is 14.5. The molecule has 0 N–H and O–H groups in total. The molecule has 0 unspecified atom stereocenters. The number of rotatable bonds is 6. The lowest BCUT2D eigenvalue weighted by atomic mass is 10.2. The molecule has 1 aliphatic heterocycles. The molecule has 2 aromatic rings. The molecule has 0 atom stereocenters. The van der Waals surface area contributed by atoms with Crippen molar-refractivity contribution >= 4 is 23.5 Å². The van der Waals surface area contributed by atoms with Gasteiger partial charge in [0.2, 0.25) is 5.75 Å². The van der Waals surface area contributed by atoms with Crippen LogP contribution in [0.1, 0.15) is 5.56 Å². The monoisotopic (exact) mass is 389 g/mol. The SMILES string of the molecule is COc1cc(/C=N\N2CCN(c3ccc(Cl)cc3)CC2)cc(OC)c1OC. The highest BCUT2D eigenvalue weighted by molar-refractivity contribution is 6.30. The summed E-state index contributed by atoms with van der Waals surface area (Å²) in [6, 6.07) is 11.7. The first-order valence-corrected chi connectivity index (χ1v) is 9.12. The molecule has 1 heterocycles. The van der Waals surface area contributed by atoms with Gasteiger partial charge in [0.25, 0.3) is 0 Å². The van der Waals surface area contributed by atoms with Crippen LogP contribution in [0.4, 0.5) is 5.69 Å². The van der Waals surface area contributed by atoms with Gasteiger partial charge in [0.15, 0.2) is 11.5 Å². The molecule has 1 saturated heterocycles. The average Bonchev–Trinajstić information content (AvgIpc) is 2.72. The quantitative estimate of drug-likeness (QED) is 0.707. The highest BCUT2D eigenvalue weighted by atomic mass is 35.5. The van der Waals surface area contributed by atoms with Crippen molar-refractivity contribution in [1.82, 2.24) is 5.01 Å². The predicted octanol–water partition coefficient (Wildman–Crippen LogP) is 3.52. The number of hydrogen-bond donors (Lipinski definition) is 0. The molecule has 0 amide bonds. The highest BCUT2D eigenvalue weighted by Crippen LogP contribution is 2.37. The minimum atomic E-state index is 0.578. The first-order chi connectivity index (χ1) is 13.1. The van der Waals surface area contributed by atoms with Crippen LogP contribution in [0.25, 0.3) is 0 Å². The maximum Gasteiger partial charge on any atom is 0.203 e. The minimum Gasteiger partial charge on any atom is -0.493 e. The van der Waals surface area contributed by atoms with Gasteiger partial charge in [0, 0.05) is 29.4 Å². The number of piperazine rings is 1. The third-order valence-corrected chi connectivity index (χ3v) is 4.76. The van der Waals surface area contributed by atoms with Gasteiger partial charge in [0.05, 0.1) is 40.6 Å². The van der Waals surface area contributed by atoms with E-state index in [1.165, 1.54) is 5.69 Å². The molecule has 0 saturated carbocycles. The van der Waals surface area contributed by atoms with Crippen LogP contribution in [0.15, 0.2) is 41.5 Å². The van der Waals surface area contributed by atoms with E-state index < -0.39 is 0 Å². The molecule has 27 heavy (non-hydrogen) atoms. The third kappa shape index (κ3) is 4.57. The fourth-order valence-corrected chi connectivity index (χ4v) is 3.17. The minimum absolute atomic E-state index is 0.578. The Balaban J connectivity index is 1.65. The number of methoxy groups -OCH3 is 3. The predicted molar refractivity (Wildman–Crippen MR) is 109 cm³/mol. The molecular formula is C20H24ClN3O3.